The summed E-state index contributed by atoms with van der Waals surface area (Å²) < 4.78 is 16.2. The number of benzene rings is 1. The smallest absolute Gasteiger partial charge is 0.330 e. The van der Waals surface area contributed by atoms with E-state index in [1.807, 2.05) is 19.1 Å². The molecular formula is C20H22ClNO5S. The lowest BCUT2D eigenvalue weighted by Gasteiger charge is -2.20. The zero-order chi connectivity index (χ0) is 20.5. The number of rotatable bonds is 9. The predicted molar refractivity (Wildman–Crippen MR) is 110 cm³/mol. The van der Waals surface area contributed by atoms with Crippen LogP contribution >= 0.6 is 22.9 Å². The fourth-order valence-corrected chi connectivity index (χ4v) is 3.47. The highest BCUT2D eigenvalue weighted by atomic mass is 35.5. The Morgan fingerprint density at radius 2 is 1.96 bits per heavy atom. The first-order valence-corrected chi connectivity index (χ1v) is 9.75. The summed E-state index contributed by atoms with van der Waals surface area (Å²) in [4.78, 5) is 26.4. The minimum atomic E-state index is -0.448. The standard InChI is InChI=1S/C20H22ClNO5S/c1-4-22(12-15-7-9-18(21)28-15)19(23)13-27-16-8-5-14(11-17(16)25-2)6-10-20(24)26-3/h5-11H,4,12-13H2,1-3H3/b10-6+. The van der Waals surface area contributed by atoms with E-state index in [2.05, 4.69) is 4.74 Å². The maximum Gasteiger partial charge on any atom is 0.330 e. The van der Waals surface area contributed by atoms with E-state index in [1.54, 1.807) is 29.2 Å². The predicted octanol–water partition coefficient (Wildman–Crippen LogP) is 4.02. The minimum Gasteiger partial charge on any atom is -0.493 e. The number of carbonyl (C=O) groups is 2. The molecule has 0 atom stereocenters. The van der Waals surface area contributed by atoms with Gasteiger partial charge in [0.15, 0.2) is 18.1 Å². The molecule has 28 heavy (non-hydrogen) atoms. The van der Waals surface area contributed by atoms with E-state index in [-0.39, 0.29) is 12.5 Å². The van der Waals surface area contributed by atoms with E-state index in [1.165, 1.54) is 31.6 Å². The maximum atomic E-state index is 12.5. The van der Waals surface area contributed by atoms with Crippen LogP contribution in [0.3, 0.4) is 0 Å². The van der Waals surface area contributed by atoms with Crippen molar-refractivity contribution in [1.82, 2.24) is 4.90 Å². The SMILES string of the molecule is CCN(Cc1ccc(Cl)s1)C(=O)COc1ccc(/C=C/C(=O)OC)cc1OC. The largest absolute Gasteiger partial charge is 0.493 e. The van der Waals surface area contributed by atoms with Crippen LogP contribution in [-0.2, 0) is 20.9 Å². The van der Waals surface area contributed by atoms with E-state index >= 15 is 0 Å². The van der Waals surface area contributed by atoms with E-state index in [4.69, 9.17) is 21.1 Å². The van der Waals surface area contributed by atoms with Crippen molar-refractivity contribution in [1.29, 1.82) is 0 Å². The summed E-state index contributed by atoms with van der Waals surface area (Å²) in [6.45, 7) is 2.85. The quantitative estimate of drug-likeness (QED) is 0.450. The van der Waals surface area contributed by atoms with Crippen LogP contribution in [0.25, 0.3) is 6.08 Å². The first-order chi connectivity index (χ1) is 13.5. The molecule has 0 saturated carbocycles. The van der Waals surface area contributed by atoms with Gasteiger partial charge in [-0.3, -0.25) is 4.79 Å². The molecule has 0 aliphatic carbocycles. The van der Waals surface area contributed by atoms with Gasteiger partial charge in [-0.05, 0) is 42.8 Å². The van der Waals surface area contributed by atoms with Crippen molar-refractivity contribution in [2.45, 2.75) is 13.5 Å². The topological polar surface area (TPSA) is 65.1 Å². The zero-order valence-corrected chi connectivity index (χ0v) is 17.5. The van der Waals surface area contributed by atoms with E-state index < -0.39 is 5.97 Å². The third-order valence-corrected chi connectivity index (χ3v) is 5.08. The molecule has 0 spiro atoms. The number of amides is 1. The number of hydrogen-bond acceptors (Lipinski definition) is 6. The Bertz CT molecular complexity index is 849. The number of likely N-dealkylation sites (N-methyl/N-ethyl adjacent to an activating group) is 1. The second-order valence-corrected chi connectivity index (χ2v) is 7.47. The van der Waals surface area contributed by atoms with Crippen molar-refractivity contribution in [3.05, 3.63) is 51.2 Å². The zero-order valence-electron chi connectivity index (χ0n) is 15.9. The summed E-state index contributed by atoms with van der Waals surface area (Å²) in [6, 6.07) is 8.89. The van der Waals surface area contributed by atoms with Gasteiger partial charge in [0.2, 0.25) is 0 Å². The molecule has 8 heteroatoms. The maximum absolute atomic E-state index is 12.5. The highest BCUT2D eigenvalue weighted by Gasteiger charge is 2.15. The number of esters is 1. The lowest BCUT2D eigenvalue weighted by Crippen LogP contribution is -2.34. The number of halogens is 1. The Balaban J connectivity index is 2.00. The Hall–Kier alpha value is -2.51. The fraction of sp³-hybridized carbons (Fsp3) is 0.300. The van der Waals surface area contributed by atoms with Gasteiger partial charge in [-0.1, -0.05) is 17.7 Å². The van der Waals surface area contributed by atoms with Gasteiger partial charge >= 0.3 is 5.97 Å². The molecule has 2 aromatic rings. The molecule has 1 amide bonds. The lowest BCUT2D eigenvalue weighted by atomic mass is 10.2. The Labute approximate surface area is 173 Å². The molecular weight excluding hydrogens is 402 g/mol. The van der Waals surface area contributed by atoms with Crippen LogP contribution in [0.4, 0.5) is 0 Å². The summed E-state index contributed by atoms with van der Waals surface area (Å²) in [5.74, 6) is 0.328. The van der Waals surface area contributed by atoms with Crippen molar-refractivity contribution in [2.24, 2.45) is 0 Å². The van der Waals surface area contributed by atoms with Crippen LogP contribution in [-0.4, -0.2) is 44.1 Å². The van der Waals surface area contributed by atoms with Crippen molar-refractivity contribution in [3.63, 3.8) is 0 Å². The van der Waals surface area contributed by atoms with Crippen LogP contribution in [0.15, 0.2) is 36.4 Å². The van der Waals surface area contributed by atoms with E-state index in [0.29, 0.717) is 28.9 Å². The first kappa shape index (κ1) is 21.8. The normalized spacial score (nSPS) is 10.7. The minimum absolute atomic E-state index is 0.110. The number of hydrogen-bond donors (Lipinski definition) is 0. The molecule has 1 heterocycles. The number of nitrogens with zero attached hydrogens (tertiary/aromatic N) is 1. The number of methoxy groups -OCH3 is 2. The molecule has 1 aromatic heterocycles. The highest BCUT2D eigenvalue weighted by molar-refractivity contribution is 7.16. The summed E-state index contributed by atoms with van der Waals surface area (Å²) in [5.41, 5.74) is 0.741. The second-order valence-electron chi connectivity index (χ2n) is 5.67. The van der Waals surface area contributed by atoms with Crippen LogP contribution in [0, 0.1) is 0 Å². The Morgan fingerprint density at radius 1 is 1.18 bits per heavy atom. The molecule has 1 aromatic carbocycles. The molecule has 0 bridgehead atoms. The summed E-state index contributed by atoms with van der Waals surface area (Å²) in [6.07, 6.45) is 2.92. The summed E-state index contributed by atoms with van der Waals surface area (Å²) >= 11 is 7.40. The summed E-state index contributed by atoms with van der Waals surface area (Å²) in [5, 5.41) is 0. The Kier molecular flexibility index (Phi) is 8.35. The average molecular weight is 424 g/mol. The molecule has 0 unspecified atom stereocenters. The van der Waals surface area contributed by atoms with Gasteiger partial charge in [0.25, 0.3) is 5.91 Å². The van der Waals surface area contributed by atoms with Crippen LogP contribution < -0.4 is 9.47 Å². The van der Waals surface area contributed by atoms with Crippen LogP contribution in [0.2, 0.25) is 4.34 Å². The fourth-order valence-electron chi connectivity index (χ4n) is 2.37. The lowest BCUT2D eigenvalue weighted by molar-refractivity contribution is -0.135. The van der Waals surface area contributed by atoms with Gasteiger partial charge in [0.1, 0.15) is 0 Å². The van der Waals surface area contributed by atoms with Crippen molar-refractivity contribution in [3.8, 4) is 11.5 Å². The molecule has 0 fully saturated rings. The third-order valence-electron chi connectivity index (χ3n) is 3.86. The van der Waals surface area contributed by atoms with Crippen molar-refractivity contribution in [2.75, 3.05) is 27.4 Å². The van der Waals surface area contributed by atoms with E-state index in [9.17, 15) is 9.59 Å². The van der Waals surface area contributed by atoms with Gasteiger partial charge in [-0.2, -0.15) is 0 Å². The highest BCUT2D eigenvalue weighted by Crippen LogP contribution is 2.29. The third kappa shape index (κ3) is 6.28. The van der Waals surface area contributed by atoms with Gasteiger partial charge in [-0.25, -0.2) is 4.79 Å². The molecule has 0 saturated heterocycles. The molecule has 150 valence electrons. The second kappa shape index (κ2) is 10.7. The number of carbonyl (C=O) groups excluding carboxylic acids is 2. The van der Waals surface area contributed by atoms with Crippen molar-refractivity contribution >= 4 is 40.9 Å². The molecule has 0 aliphatic heterocycles. The molecule has 0 N–H and O–H groups in total. The summed E-state index contributed by atoms with van der Waals surface area (Å²) in [7, 11) is 2.82. The average Bonchev–Trinajstić information content (AvgIpc) is 3.13. The number of ether oxygens (including phenoxy) is 3. The Morgan fingerprint density at radius 3 is 2.57 bits per heavy atom. The van der Waals surface area contributed by atoms with Gasteiger partial charge in [-0.15, -0.1) is 11.3 Å². The van der Waals surface area contributed by atoms with Crippen LogP contribution in [0.5, 0.6) is 11.5 Å². The van der Waals surface area contributed by atoms with Gasteiger partial charge < -0.3 is 19.1 Å². The van der Waals surface area contributed by atoms with Gasteiger partial charge in [0.05, 0.1) is 25.1 Å². The van der Waals surface area contributed by atoms with E-state index in [0.717, 1.165) is 10.4 Å². The molecule has 0 radical (unpaired) electrons. The molecule has 0 aliphatic rings. The molecule has 2 rings (SSSR count). The number of thiophene rings is 1. The van der Waals surface area contributed by atoms with Gasteiger partial charge in [0, 0.05) is 17.5 Å². The van der Waals surface area contributed by atoms with Crippen LogP contribution in [0.1, 0.15) is 17.4 Å². The molecule has 6 nitrogen and oxygen atoms in total. The monoisotopic (exact) mass is 423 g/mol. The first-order valence-electron chi connectivity index (χ1n) is 8.55. The van der Waals surface area contributed by atoms with Crippen molar-refractivity contribution < 1.29 is 23.8 Å².